The smallest absolute Gasteiger partial charge is 0.245 e. The van der Waals surface area contributed by atoms with Crippen LogP contribution in [0.3, 0.4) is 0 Å². The van der Waals surface area contributed by atoms with Crippen molar-refractivity contribution in [2.45, 2.75) is 31.2 Å². The van der Waals surface area contributed by atoms with E-state index in [1.807, 2.05) is 24.5 Å². The SMILES string of the molecule is CSCC[C@@H](C(=O)N1CCC(c2ccccc2)CC1)n1cccc1. The molecule has 2 aromatic rings. The number of likely N-dealkylation sites (tertiary alicyclic amines) is 1. The van der Waals surface area contributed by atoms with Gasteiger partial charge in [0.25, 0.3) is 0 Å². The third-order valence-corrected chi connectivity index (χ3v) is 5.59. The molecule has 128 valence electrons. The summed E-state index contributed by atoms with van der Waals surface area (Å²) >= 11 is 1.80. The molecule has 1 amide bonds. The van der Waals surface area contributed by atoms with Crippen molar-refractivity contribution in [3.05, 3.63) is 60.4 Å². The molecule has 0 spiro atoms. The Balaban J connectivity index is 1.62. The molecule has 0 saturated carbocycles. The summed E-state index contributed by atoms with van der Waals surface area (Å²) in [6, 6.07) is 14.7. The molecule has 1 aliphatic rings. The van der Waals surface area contributed by atoms with Crippen LogP contribution in [0.1, 0.15) is 36.8 Å². The van der Waals surface area contributed by atoms with Crippen molar-refractivity contribution in [3.63, 3.8) is 0 Å². The standard InChI is InChI=1S/C20H26N2OS/c1-24-16-11-19(21-12-5-6-13-21)20(23)22-14-9-18(10-15-22)17-7-3-2-4-8-17/h2-8,12-13,18-19H,9-11,14-16H2,1H3/t19-/m0/s1. The predicted octanol–water partition coefficient (Wildman–Crippen LogP) is 4.19. The number of rotatable bonds is 6. The maximum Gasteiger partial charge on any atom is 0.245 e. The highest BCUT2D eigenvalue weighted by atomic mass is 32.2. The van der Waals surface area contributed by atoms with E-state index in [0.717, 1.165) is 38.1 Å². The van der Waals surface area contributed by atoms with Crippen molar-refractivity contribution in [2.24, 2.45) is 0 Å². The number of piperidine rings is 1. The molecule has 4 heteroatoms. The van der Waals surface area contributed by atoms with Crippen molar-refractivity contribution in [3.8, 4) is 0 Å². The van der Waals surface area contributed by atoms with Crippen molar-refractivity contribution < 1.29 is 4.79 Å². The van der Waals surface area contributed by atoms with Gasteiger partial charge in [0.2, 0.25) is 5.91 Å². The first-order valence-corrected chi connectivity index (χ1v) is 10.1. The number of aromatic nitrogens is 1. The predicted molar refractivity (Wildman–Crippen MR) is 101 cm³/mol. The van der Waals surface area contributed by atoms with Crippen molar-refractivity contribution in [1.29, 1.82) is 0 Å². The zero-order chi connectivity index (χ0) is 16.8. The van der Waals surface area contributed by atoms with E-state index in [0.29, 0.717) is 5.92 Å². The Bertz CT molecular complexity index is 618. The molecule has 24 heavy (non-hydrogen) atoms. The minimum absolute atomic E-state index is 0.0549. The van der Waals surface area contributed by atoms with E-state index in [2.05, 4.69) is 46.1 Å². The van der Waals surface area contributed by atoms with Gasteiger partial charge in [-0.3, -0.25) is 4.79 Å². The number of amides is 1. The second kappa shape index (κ2) is 8.43. The van der Waals surface area contributed by atoms with Gasteiger partial charge in [-0.2, -0.15) is 11.8 Å². The minimum Gasteiger partial charge on any atom is -0.342 e. The van der Waals surface area contributed by atoms with E-state index in [1.165, 1.54) is 5.56 Å². The van der Waals surface area contributed by atoms with Crippen LogP contribution in [0.4, 0.5) is 0 Å². The summed E-state index contributed by atoms with van der Waals surface area (Å²) in [5, 5.41) is 0. The normalized spacial score (nSPS) is 17.0. The van der Waals surface area contributed by atoms with Crippen LogP contribution in [0.25, 0.3) is 0 Å². The maximum absolute atomic E-state index is 13.0. The number of carbonyl (C=O) groups excluding carboxylic acids is 1. The average Bonchev–Trinajstić information content (AvgIpc) is 3.17. The van der Waals surface area contributed by atoms with E-state index < -0.39 is 0 Å². The van der Waals surface area contributed by atoms with Gasteiger partial charge in [0, 0.05) is 25.5 Å². The van der Waals surface area contributed by atoms with Gasteiger partial charge in [0.15, 0.2) is 0 Å². The molecule has 0 bridgehead atoms. The van der Waals surface area contributed by atoms with Crippen LogP contribution in [0, 0.1) is 0 Å². The summed E-state index contributed by atoms with van der Waals surface area (Å²) in [6.07, 6.45) is 9.16. The second-order valence-corrected chi connectivity index (χ2v) is 7.42. The summed E-state index contributed by atoms with van der Waals surface area (Å²) in [5.41, 5.74) is 1.41. The fourth-order valence-corrected chi connectivity index (χ4v) is 4.01. The number of thioether (sulfide) groups is 1. The maximum atomic E-state index is 13.0. The van der Waals surface area contributed by atoms with Gasteiger partial charge in [-0.15, -0.1) is 0 Å². The molecule has 1 atom stereocenters. The fourth-order valence-electron chi connectivity index (χ4n) is 3.55. The van der Waals surface area contributed by atoms with Crippen molar-refractivity contribution in [2.75, 3.05) is 25.1 Å². The molecule has 1 fully saturated rings. The minimum atomic E-state index is -0.0549. The molecule has 1 aromatic carbocycles. The Hall–Kier alpha value is -1.68. The van der Waals surface area contributed by atoms with Gasteiger partial charge in [0.05, 0.1) is 0 Å². The molecule has 1 aromatic heterocycles. The van der Waals surface area contributed by atoms with Crippen molar-refractivity contribution in [1.82, 2.24) is 9.47 Å². The van der Waals surface area contributed by atoms with Crippen molar-refractivity contribution >= 4 is 17.7 Å². The van der Waals surface area contributed by atoms with Gasteiger partial charge in [-0.25, -0.2) is 0 Å². The van der Waals surface area contributed by atoms with Crippen LogP contribution in [0.2, 0.25) is 0 Å². The van der Waals surface area contributed by atoms with Crippen LogP contribution in [-0.4, -0.2) is 40.5 Å². The summed E-state index contributed by atoms with van der Waals surface area (Å²) in [6.45, 7) is 1.74. The molecule has 3 rings (SSSR count). The van der Waals surface area contributed by atoms with Crippen LogP contribution in [-0.2, 0) is 4.79 Å². The molecule has 0 radical (unpaired) electrons. The molecule has 1 saturated heterocycles. The summed E-state index contributed by atoms with van der Waals surface area (Å²) in [5.74, 6) is 1.88. The number of carbonyl (C=O) groups is 1. The van der Waals surface area contributed by atoms with E-state index in [4.69, 9.17) is 0 Å². The number of hydrogen-bond donors (Lipinski definition) is 0. The monoisotopic (exact) mass is 342 g/mol. The average molecular weight is 343 g/mol. The molecular weight excluding hydrogens is 316 g/mol. The highest BCUT2D eigenvalue weighted by Crippen LogP contribution is 2.29. The lowest BCUT2D eigenvalue weighted by Crippen LogP contribution is -2.42. The third kappa shape index (κ3) is 4.04. The van der Waals surface area contributed by atoms with E-state index in [1.54, 1.807) is 11.8 Å². The van der Waals surface area contributed by atoms with E-state index in [-0.39, 0.29) is 11.9 Å². The second-order valence-electron chi connectivity index (χ2n) is 6.44. The van der Waals surface area contributed by atoms with Crippen LogP contribution in [0.5, 0.6) is 0 Å². The summed E-state index contributed by atoms with van der Waals surface area (Å²) in [7, 11) is 0. The van der Waals surface area contributed by atoms with Gasteiger partial charge in [-0.1, -0.05) is 30.3 Å². The molecule has 0 N–H and O–H groups in total. The lowest BCUT2D eigenvalue weighted by Gasteiger charge is -2.35. The molecule has 3 nitrogen and oxygen atoms in total. The fraction of sp³-hybridized carbons (Fsp3) is 0.450. The topological polar surface area (TPSA) is 25.2 Å². The Labute approximate surface area is 149 Å². The first kappa shape index (κ1) is 17.2. The third-order valence-electron chi connectivity index (χ3n) is 4.95. The van der Waals surface area contributed by atoms with Crippen LogP contribution < -0.4 is 0 Å². The first-order valence-electron chi connectivity index (χ1n) is 8.74. The lowest BCUT2D eigenvalue weighted by atomic mass is 9.89. The molecular formula is C20H26N2OS. The summed E-state index contributed by atoms with van der Waals surface area (Å²) in [4.78, 5) is 15.1. The van der Waals surface area contributed by atoms with E-state index >= 15 is 0 Å². The quantitative estimate of drug-likeness (QED) is 0.786. The van der Waals surface area contributed by atoms with Gasteiger partial charge in [0.1, 0.15) is 6.04 Å². The number of benzene rings is 1. The van der Waals surface area contributed by atoms with Gasteiger partial charge < -0.3 is 9.47 Å². The van der Waals surface area contributed by atoms with E-state index in [9.17, 15) is 4.79 Å². The highest BCUT2D eigenvalue weighted by molar-refractivity contribution is 7.98. The lowest BCUT2D eigenvalue weighted by molar-refractivity contribution is -0.136. The zero-order valence-corrected chi connectivity index (χ0v) is 15.1. The number of hydrogen-bond acceptors (Lipinski definition) is 2. The summed E-state index contributed by atoms with van der Waals surface area (Å²) < 4.78 is 2.07. The Morgan fingerprint density at radius 3 is 2.42 bits per heavy atom. The Kier molecular flexibility index (Phi) is 6.02. The van der Waals surface area contributed by atoms with Gasteiger partial charge in [-0.05, 0) is 54.9 Å². The highest BCUT2D eigenvalue weighted by Gasteiger charge is 2.29. The molecule has 0 unspecified atom stereocenters. The molecule has 2 heterocycles. The number of nitrogens with zero attached hydrogens (tertiary/aromatic N) is 2. The largest absolute Gasteiger partial charge is 0.342 e. The van der Waals surface area contributed by atoms with Crippen LogP contribution in [0.15, 0.2) is 54.9 Å². The van der Waals surface area contributed by atoms with Crippen LogP contribution >= 0.6 is 11.8 Å². The Morgan fingerprint density at radius 2 is 1.79 bits per heavy atom. The van der Waals surface area contributed by atoms with Gasteiger partial charge >= 0.3 is 0 Å². The first-order chi connectivity index (χ1) is 11.8. The Morgan fingerprint density at radius 1 is 1.12 bits per heavy atom. The zero-order valence-electron chi connectivity index (χ0n) is 14.3. The molecule has 1 aliphatic heterocycles. The molecule has 0 aliphatic carbocycles.